The summed E-state index contributed by atoms with van der Waals surface area (Å²) in [6.07, 6.45) is 4.56. The van der Waals surface area contributed by atoms with E-state index in [1.54, 1.807) is 0 Å². The van der Waals surface area contributed by atoms with E-state index in [1.165, 1.54) is 36.4 Å². The molecule has 0 aromatic carbocycles. The van der Waals surface area contributed by atoms with Crippen LogP contribution in [-0.2, 0) is 34.7 Å². The molecule has 2 aliphatic rings. The Morgan fingerprint density at radius 2 is 1.24 bits per heavy atom. The number of hydrogen-bond donors (Lipinski definition) is 0. The SMILES string of the molecule is [CH2]CCC.[CH2]CCC.[S-]C1=C([S-])SC2OCCOC2S1.[Sn+2]. The van der Waals surface area contributed by atoms with Gasteiger partial charge >= 0.3 is 23.9 Å². The Hall–Kier alpha value is 1.60. The molecule has 0 saturated carbocycles. The van der Waals surface area contributed by atoms with E-state index in [0.717, 1.165) is 21.3 Å². The standard InChI is InChI=1S/C6H8O2S4.2C4H9.Sn/c9-5-6(10)12-4-3(11-5)7-1-2-8-4;2*1-3-4-2;/h3-4,9-10H,1-2H2;2*1,3-4H2,2H3;/q;;;+2/p-2. The van der Waals surface area contributed by atoms with Gasteiger partial charge in [-0.2, -0.15) is 8.47 Å². The molecule has 2 nitrogen and oxygen atoms in total. The van der Waals surface area contributed by atoms with Crippen molar-refractivity contribution in [1.82, 2.24) is 0 Å². The van der Waals surface area contributed by atoms with E-state index < -0.39 is 0 Å². The number of hydrogen-bond acceptors (Lipinski definition) is 6. The largest absolute Gasteiger partial charge is 2.00 e. The van der Waals surface area contributed by atoms with Crippen LogP contribution in [0.5, 0.6) is 0 Å². The van der Waals surface area contributed by atoms with Crippen LogP contribution in [0.2, 0.25) is 0 Å². The van der Waals surface area contributed by atoms with Crippen LogP contribution in [-0.4, -0.2) is 48.0 Å². The molecule has 2 unspecified atom stereocenters. The molecule has 7 heteroatoms. The maximum atomic E-state index is 5.47. The fraction of sp³-hybridized carbons (Fsp3) is 0.714. The molecule has 0 spiro atoms. The van der Waals surface area contributed by atoms with Gasteiger partial charge in [-0.05, 0) is 0 Å². The molecule has 120 valence electrons. The monoisotopic (exact) mass is 472 g/mol. The smallest absolute Gasteiger partial charge is 0.774 e. The minimum Gasteiger partial charge on any atom is -0.774 e. The summed E-state index contributed by atoms with van der Waals surface area (Å²) < 4.78 is 12.5. The summed E-state index contributed by atoms with van der Waals surface area (Å²) in [7, 11) is 0. The van der Waals surface area contributed by atoms with Crippen molar-refractivity contribution in [2.24, 2.45) is 0 Å². The van der Waals surface area contributed by atoms with Crippen LogP contribution in [0.25, 0.3) is 0 Å². The molecular formula is C14H24O2S4Sn. The Bertz CT molecular complexity index is 248. The van der Waals surface area contributed by atoms with Gasteiger partial charge in [0, 0.05) is 0 Å². The summed E-state index contributed by atoms with van der Waals surface area (Å²) in [5.41, 5.74) is 0.0888. The van der Waals surface area contributed by atoms with Gasteiger partial charge in [-0.25, -0.2) is 0 Å². The van der Waals surface area contributed by atoms with Gasteiger partial charge in [0.15, 0.2) is 0 Å². The van der Waals surface area contributed by atoms with Crippen LogP contribution >= 0.6 is 23.5 Å². The average molecular weight is 471 g/mol. The van der Waals surface area contributed by atoms with Gasteiger partial charge in [-0.1, -0.05) is 53.4 Å². The second kappa shape index (κ2) is 16.5. The summed E-state index contributed by atoms with van der Waals surface area (Å²) in [6.45, 7) is 12.8. The molecule has 21 heavy (non-hydrogen) atoms. The first-order valence-corrected chi connectivity index (χ1v) is 9.41. The zero-order chi connectivity index (χ0) is 15.4. The first-order valence-electron chi connectivity index (χ1n) is 6.83. The van der Waals surface area contributed by atoms with Crippen molar-refractivity contribution in [3.63, 3.8) is 0 Å². The zero-order valence-electron chi connectivity index (χ0n) is 12.8. The van der Waals surface area contributed by atoms with Gasteiger partial charge in [0.1, 0.15) is 10.9 Å². The van der Waals surface area contributed by atoms with E-state index in [0.29, 0.717) is 13.2 Å². The van der Waals surface area contributed by atoms with E-state index in [4.69, 9.17) is 34.7 Å². The summed E-state index contributed by atoms with van der Waals surface area (Å²) in [5, 5.41) is 0. The summed E-state index contributed by atoms with van der Waals surface area (Å²) in [6, 6.07) is 0. The minimum atomic E-state index is 0. The fourth-order valence-corrected chi connectivity index (χ4v) is 3.77. The Morgan fingerprint density at radius 3 is 1.48 bits per heavy atom. The predicted octanol–water partition coefficient (Wildman–Crippen LogP) is 4.25. The third-order valence-electron chi connectivity index (χ3n) is 2.19. The summed E-state index contributed by atoms with van der Waals surface area (Å²) in [5.74, 6) is 0. The third kappa shape index (κ3) is 11.7. The molecule has 2 rings (SSSR count). The molecule has 0 amide bonds. The van der Waals surface area contributed by atoms with E-state index in [2.05, 4.69) is 27.7 Å². The predicted molar refractivity (Wildman–Crippen MR) is 103 cm³/mol. The van der Waals surface area contributed by atoms with E-state index >= 15 is 0 Å². The van der Waals surface area contributed by atoms with Crippen molar-refractivity contribution in [2.75, 3.05) is 13.2 Å². The van der Waals surface area contributed by atoms with Gasteiger partial charge in [0.2, 0.25) is 0 Å². The van der Waals surface area contributed by atoms with E-state index in [-0.39, 0.29) is 34.8 Å². The van der Waals surface area contributed by atoms with Gasteiger partial charge in [0.25, 0.3) is 0 Å². The maximum absolute atomic E-state index is 5.47. The quantitative estimate of drug-likeness (QED) is 0.440. The number of unbranched alkanes of at least 4 members (excludes halogenated alkanes) is 2. The van der Waals surface area contributed by atoms with Gasteiger partial charge in [0.05, 0.1) is 13.2 Å². The minimum absolute atomic E-state index is 0. The Balaban J connectivity index is 0. The molecule has 4 radical (unpaired) electrons. The molecule has 2 heterocycles. The zero-order valence-corrected chi connectivity index (χ0v) is 18.9. The molecule has 1 fully saturated rings. The van der Waals surface area contributed by atoms with Crippen LogP contribution in [0.3, 0.4) is 0 Å². The van der Waals surface area contributed by atoms with E-state index in [1.807, 2.05) is 0 Å². The fourth-order valence-electron chi connectivity index (χ4n) is 0.972. The first kappa shape index (κ1) is 24.8. The topological polar surface area (TPSA) is 18.5 Å². The average Bonchev–Trinajstić information content (AvgIpc) is 2.49. The van der Waals surface area contributed by atoms with Crippen molar-refractivity contribution in [3.8, 4) is 0 Å². The first-order chi connectivity index (χ1) is 9.60. The third-order valence-corrected chi connectivity index (χ3v) is 5.93. The second-order valence-electron chi connectivity index (χ2n) is 4.00. The van der Waals surface area contributed by atoms with Gasteiger partial charge in [-0.15, -0.1) is 23.5 Å². The maximum Gasteiger partial charge on any atom is 2.00 e. The van der Waals surface area contributed by atoms with Gasteiger partial charge < -0.3 is 34.7 Å². The molecule has 2 aliphatic heterocycles. The van der Waals surface area contributed by atoms with Crippen molar-refractivity contribution in [3.05, 3.63) is 22.3 Å². The Morgan fingerprint density at radius 1 is 0.952 bits per heavy atom. The second-order valence-corrected chi connectivity index (χ2v) is 7.55. The van der Waals surface area contributed by atoms with Crippen LogP contribution in [0.4, 0.5) is 0 Å². The number of fused-ring (bicyclic) bond motifs is 1. The Labute approximate surface area is 167 Å². The molecule has 0 aromatic heterocycles. The van der Waals surface area contributed by atoms with Crippen molar-refractivity contribution >= 4 is 72.7 Å². The molecule has 0 N–H and O–H groups in total. The molecule has 0 bridgehead atoms. The van der Waals surface area contributed by atoms with Crippen LogP contribution < -0.4 is 0 Å². The van der Waals surface area contributed by atoms with Crippen molar-refractivity contribution in [2.45, 2.75) is 50.4 Å². The molecule has 2 atom stereocenters. The van der Waals surface area contributed by atoms with Crippen molar-refractivity contribution in [1.29, 1.82) is 0 Å². The molecule has 1 saturated heterocycles. The normalized spacial score (nSPS) is 23.6. The molecular weight excluding hydrogens is 447 g/mol. The number of thioether (sulfide) groups is 2. The van der Waals surface area contributed by atoms with Crippen LogP contribution in [0.15, 0.2) is 8.47 Å². The summed E-state index contributed by atoms with van der Waals surface area (Å²) in [4.78, 5) is 0. The molecule has 0 aromatic rings. The Kier molecular flexibility index (Phi) is 19.5. The van der Waals surface area contributed by atoms with E-state index in [9.17, 15) is 0 Å². The number of rotatable bonds is 2. The number of ether oxygens (including phenoxy) is 2. The van der Waals surface area contributed by atoms with Gasteiger partial charge in [-0.3, -0.25) is 0 Å². The van der Waals surface area contributed by atoms with Crippen LogP contribution in [0.1, 0.15) is 39.5 Å². The summed E-state index contributed by atoms with van der Waals surface area (Å²) >= 11 is 13.1. The molecule has 0 aliphatic carbocycles. The van der Waals surface area contributed by atoms with Crippen molar-refractivity contribution < 1.29 is 9.47 Å². The van der Waals surface area contributed by atoms with Crippen LogP contribution in [0, 0.1) is 13.8 Å².